The standard InChI is InChI=1S/C15H19ClFN3/c1-4-5-18-11(3)13-7-14(17)10(2)6-15(13)20-9-12(16)8-19-20/h6-9,11,18H,4-5H2,1-3H3. The number of hydrogen-bond acceptors (Lipinski definition) is 2. The Bertz CT molecular complexity index is 595. The van der Waals surface area contributed by atoms with E-state index < -0.39 is 0 Å². The van der Waals surface area contributed by atoms with Crippen molar-refractivity contribution in [2.45, 2.75) is 33.2 Å². The Labute approximate surface area is 123 Å². The van der Waals surface area contributed by atoms with Crippen LogP contribution in [0.25, 0.3) is 5.69 Å². The lowest BCUT2D eigenvalue weighted by Crippen LogP contribution is -2.21. The zero-order valence-corrected chi connectivity index (χ0v) is 12.7. The van der Waals surface area contributed by atoms with Gasteiger partial charge in [-0.25, -0.2) is 9.07 Å². The van der Waals surface area contributed by atoms with E-state index in [0.29, 0.717) is 10.6 Å². The SMILES string of the molecule is CCCNC(C)c1cc(F)c(C)cc1-n1cc(Cl)cn1. The molecule has 0 spiro atoms. The van der Waals surface area contributed by atoms with Crippen molar-refractivity contribution in [1.82, 2.24) is 15.1 Å². The van der Waals surface area contributed by atoms with Gasteiger partial charge in [-0.1, -0.05) is 18.5 Å². The van der Waals surface area contributed by atoms with Crippen LogP contribution in [0.5, 0.6) is 0 Å². The van der Waals surface area contributed by atoms with Crippen LogP contribution in [-0.2, 0) is 0 Å². The molecule has 1 aromatic carbocycles. The number of nitrogens with zero attached hydrogens (tertiary/aromatic N) is 2. The van der Waals surface area contributed by atoms with Crippen LogP contribution in [0.2, 0.25) is 5.02 Å². The highest BCUT2D eigenvalue weighted by atomic mass is 35.5. The average molecular weight is 296 g/mol. The van der Waals surface area contributed by atoms with Crippen LogP contribution in [0.4, 0.5) is 4.39 Å². The second-order valence-electron chi connectivity index (χ2n) is 4.94. The Kier molecular flexibility index (Phi) is 4.78. The first-order chi connectivity index (χ1) is 9.52. The maximum Gasteiger partial charge on any atom is 0.126 e. The third-order valence-corrected chi connectivity index (χ3v) is 3.47. The Morgan fingerprint density at radius 2 is 2.20 bits per heavy atom. The fraction of sp³-hybridized carbons (Fsp3) is 0.400. The molecule has 0 bridgehead atoms. The minimum Gasteiger partial charge on any atom is -0.310 e. The topological polar surface area (TPSA) is 29.9 Å². The van der Waals surface area contributed by atoms with Gasteiger partial charge in [0, 0.05) is 12.2 Å². The third kappa shape index (κ3) is 3.19. The van der Waals surface area contributed by atoms with Crippen molar-refractivity contribution in [2.24, 2.45) is 0 Å². The summed E-state index contributed by atoms with van der Waals surface area (Å²) in [6.07, 6.45) is 4.33. The second kappa shape index (κ2) is 6.37. The highest BCUT2D eigenvalue weighted by Crippen LogP contribution is 2.25. The van der Waals surface area contributed by atoms with E-state index in [4.69, 9.17) is 11.6 Å². The Morgan fingerprint density at radius 1 is 1.45 bits per heavy atom. The maximum absolute atomic E-state index is 13.9. The molecule has 0 aliphatic carbocycles. The first-order valence-electron chi connectivity index (χ1n) is 6.77. The molecule has 0 radical (unpaired) electrons. The molecule has 2 aromatic rings. The molecule has 3 nitrogen and oxygen atoms in total. The molecule has 1 atom stereocenters. The fourth-order valence-electron chi connectivity index (χ4n) is 2.13. The monoisotopic (exact) mass is 295 g/mol. The van der Waals surface area contributed by atoms with Crippen molar-refractivity contribution in [2.75, 3.05) is 6.54 Å². The molecule has 1 N–H and O–H groups in total. The van der Waals surface area contributed by atoms with Crippen LogP contribution < -0.4 is 5.32 Å². The first-order valence-corrected chi connectivity index (χ1v) is 7.14. The van der Waals surface area contributed by atoms with Gasteiger partial charge in [0.25, 0.3) is 0 Å². The molecule has 0 fully saturated rings. The third-order valence-electron chi connectivity index (χ3n) is 3.27. The summed E-state index contributed by atoms with van der Waals surface area (Å²) in [5, 5.41) is 8.15. The normalized spacial score (nSPS) is 12.7. The molecule has 0 saturated carbocycles. The average Bonchev–Trinajstić information content (AvgIpc) is 2.85. The van der Waals surface area contributed by atoms with Gasteiger partial charge in [0.05, 0.1) is 16.9 Å². The quantitative estimate of drug-likeness (QED) is 0.902. The van der Waals surface area contributed by atoms with Gasteiger partial charge in [-0.05, 0) is 50.1 Å². The lowest BCUT2D eigenvalue weighted by molar-refractivity contribution is 0.556. The minimum atomic E-state index is -0.202. The first kappa shape index (κ1) is 15.0. The van der Waals surface area contributed by atoms with E-state index in [0.717, 1.165) is 24.2 Å². The highest BCUT2D eigenvalue weighted by Gasteiger charge is 2.15. The summed E-state index contributed by atoms with van der Waals surface area (Å²) in [6, 6.07) is 3.43. The van der Waals surface area contributed by atoms with Crippen molar-refractivity contribution < 1.29 is 4.39 Å². The van der Waals surface area contributed by atoms with E-state index in [1.54, 1.807) is 36.1 Å². The van der Waals surface area contributed by atoms with Gasteiger partial charge in [-0.15, -0.1) is 0 Å². The molecule has 2 rings (SSSR count). The zero-order chi connectivity index (χ0) is 14.7. The lowest BCUT2D eigenvalue weighted by atomic mass is 10.0. The summed E-state index contributed by atoms with van der Waals surface area (Å²) in [4.78, 5) is 0. The zero-order valence-electron chi connectivity index (χ0n) is 12.0. The molecule has 5 heteroatoms. The number of rotatable bonds is 5. The summed E-state index contributed by atoms with van der Waals surface area (Å²) in [6.45, 7) is 6.76. The van der Waals surface area contributed by atoms with Crippen LogP contribution in [0.3, 0.4) is 0 Å². The van der Waals surface area contributed by atoms with Gasteiger partial charge in [0.1, 0.15) is 5.82 Å². The molecule has 0 aliphatic rings. The van der Waals surface area contributed by atoms with E-state index in [2.05, 4.69) is 17.3 Å². The van der Waals surface area contributed by atoms with Crippen molar-refractivity contribution in [3.8, 4) is 5.69 Å². The Balaban J connectivity index is 2.45. The van der Waals surface area contributed by atoms with E-state index in [1.807, 2.05) is 6.92 Å². The molecule has 20 heavy (non-hydrogen) atoms. The lowest BCUT2D eigenvalue weighted by Gasteiger charge is -2.19. The van der Waals surface area contributed by atoms with Crippen molar-refractivity contribution in [1.29, 1.82) is 0 Å². The molecule has 0 amide bonds. The molecule has 1 heterocycles. The van der Waals surface area contributed by atoms with Gasteiger partial charge in [-0.2, -0.15) is 5.10 Å². The van der Waals surface area contributed by atoms with Gasteiger partial charge in [0.15, 0.2) is 0 Å². The molecule has 1 unspecified atom stereocenters. The molecule has 0 saturated heterocycles. The van der Waals surface area contributed by atoms with Gasteiger partial charge in [0.2, 0.25) is 0 Å². The molecular weight excluding hydrogens is 277 g/mol. The molecule has 0 aliphatic heterocycles. The van der Waals surface area contributed by atoms with E-state index in [-0.39, 0.29) is 11.9 Å². The van der Waals surface area contributed by atoms with Crippen LogP contribution in [0, 0.1) is 12.7 Å². The summed E-state index contributed by atoms with van der Waals surface area (Å²) in [5.41, 5.74) is 2.33. The number of halogens is 2. The highest BCUT2D eigenvalue weighted by molar-refractivity contribution is 6.30. The van der Waals surface area contributed by atoms with Crippen LogP contribution in [0.15, 0.2) is 24.5 Å². The summed E-state index contributed by atoms with van der Waals surface area (Å²) in [5.74, 6) is -0.202. The smallest absolute Gasteiger partial charge is 0.126 e. The van der Waals surface area contributed by atoms with Crippen LogP contribution >= 0.6 is 11.6 Å². The van der Waals surface area contributed by atoms with Gasteiger partial charge >= 0.3 is 0 Å². The summed E-state index contributed by atoms with van der Waals surface area (Å²) >= 11 is 5.92. The number of aryl methyl sites for hydroxylation is 1. The van der Waals surface area contributed by atoms with Crippen molar-refractivity contribution in [3.05, 3.63) is 46.5 Å². The Hall–Kier alpha value is -1.39. The Morgan fingerprint density at radius 3 is 2.80 bits per heavy atom. The fourth-order valence-corrected chi connectivity index (χ4v) is 2.27. The maximum atomic E-state index is 13.9. The van der Waals surface area contributed by atoms with Crippen molar-refractivity contribution in [3.63, 3.8) is 0 Å². The molecule has 1 aromatic heterocycles. The van der Waals surface area contributed by atoms with E-state index in [9.17, 15) is 4.39 Å². The minimum absolute atomic E-state index is 0.0445. The largest absolute Gasteiger partial charge is 0.310 e. The number of nitrogens with one attached hydrogen (secondary N) is 1. The number of benzene rings is 1. The van der Waals surface area contributed by atoms with E-state index in [1.165, 1.54) is 0 Å². The number of aromatic nitrogens is 2. The van der Waals surface area contributed by atoms with Crippen LogP contribution in [-0.4, -0.2) is 16.3 Å². The summed E-state index contributed by atoms with van der Waals surface area (Å²) in [7, 11) is 0. The summed E-state index contributed by atoms with van der Waals surface area (Å²) < 4.78 is 15.6. The molecule has 108 valence electrons. The van der Waals surface area contributed by atoms with Gasteiger partial charge < -0.3 is 5.32 Å². The predicted octanol–water partition coefficient (Wildman–Crippen LogP) is 4.03. The number of hydrogen-bond donors (Lipinski definition) is 1. The second-order valence-corrected chi connectivity index (χ2v) is 5.38. The van der Waals surface area contributed by atoms with Crippen LogP contribution in [0.1, 0.15) is 37.4 Å². The van der Waals surface area contributed by atoms with Gasteiger partial charge in [-0.3, -0.25) is 0 Å². The van der Waals surface area contributed by atoms with Crippen molar-refractivity contribution >= 4 is 11.6 Å². The van der Waals surface area contributed by atoms with E-state index >= 15 is 0 Å². The molecular formula is C15H19ClFN3. The predicted molar refractivity (Wildman–Crippen MR) is 80.0 cm³/mol.